The molecule has 0 spiro atoms. The smallest absolute Gasteiger partial charge is 0.338 e. The monoisotopic (exact) mass is 200 g/mol. The van der Waals surface area contributed by atoms with Crippen LogP contribution in [0.25, 0.3) is 0 Å². The largest absolute Gasteiger partial charge is 0.479 e. The van der Waals surface area contributed by atoms with Gasteiger partial charge in [0.25, 0.3) is 0 Å². The molecule has 4 heteroatoms. The van der Waals surface area contributed by atoms with E-state index in [4.69, 9.17) is 5.11 Å². The first-order valence-electron chi connectivity index (χ1n) is 4.15. The highest BCUT2D eigenvalue weighted by atomic mass is 19.1. The van der Waals surface area contributed by atoms with Gasteiger partial charge in [-0.05, 0) is 11.6 Å². The molecule has 0 amide bonds. The van der Waals surface area contributed by atoms with Crippen LogP contribution in [0.15, 0.2) is 24.3 Å². The van der Waals surface area contributed by atoms with Gasteiger partial charge in [-0.1, -0.05) is 25.1 Å². The Labute approximate surface area is 80.2 Å². The summed E-state index contributed by atoms with van der Waals surface area (Å²) in [7, 11) is 0. The molecule has 0 aliphatic rings. The minimum Gasteiger partial charge on any atom is -0.479 e. The van der Waals surface area contributed by atoms with Gasteiger partial charge in [-0.15, -0.1) is 0 Å². The van der Waals surface area contributed by atoms with E-state index in [0.717, 1.165) is 0 Å². The fourth-order valence-corrected chi connectivity index (χ4v) is 1.22. The van der Waals surface area contributed by atoms with E-state index in [1.165, 1.54) is 25.1 Å². The third kappa shape index (κ3) is 2.07. The first kappa shape index (κ1) is 10.6. The Balaban J connectivity index is 2.94. The zero-order valence-electron chi connectivity index (χ0n) is 7.58. The number of alkyl halides is 1. The van der Waals surface area contributed by atoms with Crippen LogP contribution in [0.1, 0.15) is 18.4 Å². The Morgan fingerprint density at radius 3 is 2.50 bits per heavy atom. The number of hydrogen-bond donors (Lipinski definition) is 1. The van der Waals surface area contributed by atoms with Crippen molar-refractivity contribution in [2.45, 2.75) is 19.0 Å². The summed E-state index contributed by atoms with van der Waals surface area (Å²) in [6, 6.07) is 5.58. The zero-order valence-corrected chi connectivity index (χ0v) is 7.58. The molecule has 2 atom stereocenters. The lowest BCUT2D eigenvalue weighted by atomic mass is 9.96. The molecule has 0 saturated carbocycles. The summed E-state index contributed by atoms with van der Waals surface area (Å²) in [5.41, 5.74) is 0.0856. The van der Waals surface area contributed by atoms with Crippen LogP contribution >= 0.6 is 0 Å². The number of carboxylic acids is 1. The molecule has 0 aliphatic heterocycles. The molecule has 0 bridgehead atoms. The maximum atomic E-state index is 13.1. The second-order valence-electron chi connectivity index (χ2n) is 3.05. The number of halogens is 2. The van der Waals surface area contributed by atoms with Gasteiger partial charge in [-0.2, -0.15) is 0 Å². The molecule has 76 valence electrons. The van der Waals surface area contributed by atoms with Crippen molar-refractivity contribution < 1.29 is 18.7 Å². The van der Waals surface area contributed by atoms with Crippen LogP contribution in [0.3, 0.4) is 0 Å². The first-order chi connectivity index (χ1) is 6.54. The van der Waals surface area contributed by atoms with Gasteiger partial charge >= 0.3 is 5.97 Å². The summed E-state index contributed by atoms with van der Waals surface area (Å²) >= 11 is 0. The summed E-state index contributed by atoms with van der Waals surface area (Å²) in [6.45, 7) is 1.34. The number of benzene rings is 1. The van der Waals surface area contributed by atoms with Crippen molar-refractivity contribution in [1.29, 1.82) is 0 Å². The molecule has 0 aromatic heterocycles. The average molecular weight is 200 g/mol. The maximum absolute atomic E-state index is 13.1. The molecule has 0 aliphatic carbocycles. The van der Waals surface area contributed by atoms with Crippen LogP contribution < -0.4 is 0 Å². The second kappa shape index (κ2) is 4.17. The fraction of sp³-hybridized carbons (Fsp3) is 0.300. The van der Waals surface area contributed by atoms with Crippen LogP contribution in [0.4, 0.5) is 8.78 Å². The molecule has 1 aromatic rings. The molecule has 2 nitrogen and oxygen atoms in total. The van der Waals surface area contributed by atoms with Gasteiger partial charge < -0.3 is 5.11 Å². The van der Waals surface area contributed by atoms with Crippen LogP contribution in [0.5, 0.6) is 0 Å². The van der Waals surface area contributed by atoms with Gasteiger partial charge in [0, 0.05) is 5.92 Å². The molecule has 1 rings (SSSR count). The molecule has 0 fully saturated rings. The summed E-state index contributed by atoms with van der Waals surface area (Å²) in [4.78, 5) is 10.3. The molecule has 0 radical (unpaired) electrons. The van der Waals surface area contributed by atoms with Crippen molar-refractivity contribution in [3.63, 3.8) is 0 Å². The van der Waals surface area contributed by atoms with Crippen molar-refractivity contribution in [2.75, 3.05) is 0 Å². The summed E-state index contributed by atoms with van der Waals surface area (Å²) in [5.74, 6) is -3.13. The van der Waals surface area contributed by atoms with E-state index >= 15 is 0 Å². The van der Waals surface area contributed by atoms with E-state index in [9.17, 15) is 13.6 Å². The normalized spacial score (nSPS) is 14.8. The number of aliphatic carboxylic acids is 1. The van der Waals surface area contributed by atoms with Crippen molar-refractivity contribution >= 4 is 5.97 Å². The summed E-state index contributed by atoms with van der Waals surface area (Å²) < 4.78 is 26.1. The van der Waals surface area contributed by atoms with Crippen molar-refractivity contribution in [2.24, 2.45) is 0 Å². The predicted octanol–water partition coefficient (Wildman–Crippen LogP) is 2.35. The first-order valence-corrected chi connectivity index (χ1v) is 4.15. The molecular formula is C10H10F2O2. The minimum atomic E-state index is -2.08. The van der Waals surface area contributed by atoms with Crippen molar-refractivity contribution in [3.8, 4) is 0 Å². The van der Waals surface area contributed by atoms with E-state index < -0.39 is 23.9 Å². The number of rotatable bonds is 3. The van der Waals surface area contributed by atoms with E-state index in [1.807, 2.05) is 0 Å². The van der Waals surface area contributed by atoms with Crippen molar-refractivity contribution in [1.82, 2.24) is 0 Å². The Hall–Kier alpha value is -1.45. The van der Waals surface area contributed by atoms with Gasteiger partial charge in [0.2, 0.25) is 6.17 Å². The quantitative estimate of drug-likeness (QED) is 0.813. The Kier molecular flexibility index (Phi) is 3.17. The van der Waals surface area contributed by atoms with Crippen molar-refractivity contribution in [3.05, 3.63) is 35.6 Å². The van der Waals surface area contributed by atoms with Gasteiger partial charge in [0.05, 0.1) is 0 Å². The molecule has 1 N–H and O–H groups in total. The lowest BCUT2D eigenvalue weighted by molar-refractivity contribution is -0.143. The third-order valence-electron chi connectivity index (χ3n) is 2.07. The van der Waals surface area contributed by atoms with Gasteiger partial charge in [-0.25, -0.2) is 13.6 Å². The average Bonchev–Trinajstić information content (AvgIpc) is 2.16. The Bertz CT molecular complexity index is 339. The SMILES string of the molecule is CC(c1ccccc1F)C(F)C(=O)O. The second-order valence-corrected chi connectivity index (χ2v) is 3.05. The van der Waals surface area contributed by atoms with E-state index in [-0.39, 0.29) is 5.56 Å². The fourth-order valence-electron chi connectivity index (χ4n) is 1.22. The third-order valence-corrected chi connectivity index (χ3v) is 2.07. The molecule has 1 aromatic carbocycles. The maximum Gasteiger partial charge on any atom is 0.338 e. The van der Waals surface area contributed by atoms with Gasteiger partial charge in [-0.3, -0.25) is 0 Å². The van der Waals surface area contributed by atoms with Crippen LogP contribution in [0, 0.1) is 5.82 Å². The molecule has 0 heterocycles. The highest BCUT2D eigenvalue weighted by Crippen LogP contribution is 2.24. The lowest BCUT2D eigenvalue weighted by Crippen LogP contribution is -2.22. The number of carboxylic acid groups (broad SMARTS) is 1. The van der Waals surface area contributed by atoms with E-state index in [1.54, 1.807) is 6.07 Å². The highest BCUT2D eigenvalue weighted by molar-refractivity contribution is 5.73. The van der Waals surface area contributed by atoms with E-state index in [0.29, 0.717) is 0 Å². The van der Waals surface area contributed by atoms with Crippen LogP contribution in [-0.4, -0.2) is 17.2 Å². The standard InChI is InChI=1S/C10H10F2O2/c1-6(9(12)10(13)14)7-4-2-3-5-8(7)11/h2-6,9H,1H3,(H,13,14). The number of hydrogen-bond acceptors (Lipinski definition) is 1. The molecule has 0 saturated heterocycles. The molecule has 2 unspecified atom stereocenters. The Morgan fingerprint density at radius 2 is 2.00 bits per heavy atom. The Morgan fingerprint density at radius 1 is 1.43 bits per heavy atom. The molecular weight excluding hydrogens is 190 g/mol. The summed E-state index contributed by atoms with van der Waals surface area (Å²) in [6.07, 6.45) is -2.08. The highest BCUT2D eigenvalue weighted by Gasteiger charge is 2.26. The summed E-state index contributed by atoms with van der Waals surface area (Å²) in [5, 5.41) is 8.41. The minimum absolute atomic E-state index is 0.0856. The predicted molar refractivity (Wildman–Crippen MR) is 47.3 cm³/mol. The lowest BCUT2D eigenvalue weighted by Gasteiger charge is -2.13. The van der Waals surface area contributed by atoms with Gasteiger partial charge in [0.1, 0.15) is 5.82 Å². The van der Waals surface area contributed by atoms with E-state index in [2.05, 4.69) is 0 Å². The zero-order chi connectivity index (χ0) is 10.7. The topological polar surface area (TPSA) is 37.3 Å². The number of carbonyl (C=O) groups is 1. The molecule has 14 heavy (non-hydrogen) atoms. The van der Waals surface area contributed by atoms with Crippen LogP contribution in [0.2, 0.25) is 0 Å². The van der Waals surface area contributed by atoms with Gasteiger partial charge in [0.15, 0.2) is 0 Å². The van der Waals surface area contributed by atoms with Crippen LogP contribution in [-0.2, 0) is 4.79 Å².